The van der Waals surface area contributed by atoms with E-state index in [9.17, 15) is 14.4 Å². The van der Waals surface area contributed by atoms with Crippen LogP contribution in [0.1, 0.15) is 27.6 Å². The van der Waals surface area contributed by atoms with Crippen LogP contribution in [0.2, 0.25) is 0 Å². The summed E-state index contributed by atoms with van der Waals surface area (Å²) in [6, 6.07) is 13.5. The topological polar surface area (TPSA) is 82.1 Å². The van der Waals surface area contributed by atoms with Gasteiger partial charge in [0.25, 0.3) is 11.8 Å². The summed E-state index contributed by atoms with van der Waals surface area (Å²) in [5.41, 5.74) is 0.736. The van der Waals surface area contributed by atoms with Gasteiger partial charge in [0.15, 0.2) is 6.61 Å². The molecule has 7 heteroatoms. The van der Waals surface area contributed by atoms with Gasteiger partial charge in [0.2, 0.25) is 0 Å². The summed E-state index contributed by atoms with van der Waals surface area (Å²) < 4.78 is 15.7. The molecule has 27 heavy (non-hydrogen) atoms. The molecule has 3 rings (SSSR count). The molecule has 0 fully saturated rings. The van der Waals surface area contributed by atoms with Crippen molar-refractivity contribution in [1.29, 1.82) is 0 Å². The van der Waals surface area contributed by atoms with Crippen molar-refractivity contribution in [1.82, 2.24) is 4.90 Å². The highest BCUT2D eigenvalue weighted by molar-refractivity contribution is 6.21. The maximum absolute atomic E-state index is 12.2. The third-order valence-corrected chi connectivity index (χ3v) is 3.95. The van der Waals surface area contributed by atoms with E-state index in [2.05, 4.69) is 0 Å². The lowest BCUT2D eigenvalue weighted by Gasteiger charge is -2.14. The number of carbonyl (C=O) groups is 3. The predicted octanol–water partition coefficient (Wildman–Crippen LogP) is 2.30. The maximum Gasteiger partial charge on any atom is 0.344 e. The van der Waals surface area contributed by atoms with Gasteiger partial charge in [-0.2, -0.15) is 0 Å². The van der Waals surface area contributed by atoms with Crippen molar-refractivity contribution in [2.24, 2.45) is 0 Å². The molecule has 0 aliphatic carbocycles. The lowest BCUT2D eigenvalue weighted by atomic mass is 10.1. The molecule has 0 unspecified atom stereocenters. The maximum atomic E-state index is 12.2. The predicted molar refractivity (Wildman–Crippen MR) is 95.9 cm³/mol. The van der Waals surface area contributed by atoms with E-state index in [1.807, 2.05) is 6.92 Å². The Hall–Kier alpha value is -3.35. The lowest BCUT2D eigenvalue weighted by Crippen LogP contribution is -2.33. The molecule has 0 saturated carbocycles. The second-order valence-electron chi connectivity index (χ2n) is 5.72. The second-order valence-corrected chi connectivity index (χ2v) is 5.72. The minimum atomic E-state index is -0.583. The Morgan fingerprint density at radius 1 is 0.889 bits per heavy atom. The van der Waals surface area contributed by atoms with E-state index in [-0.39, 0.29) is 31.6 Å². The van der Waals surface area contributed by atoms with E-state index in [4.69, 9.17) is 14.2 Å². The molecule has 1 heterocycles. The average molecular weight is 369 g/mol. The summed E-state index contributed by atoms with van der Waals surface area (Å²) in [5, 5.41) is 0. The molecule has 2 aromatic rings. The molecule has 2 aromatic carbocycles. The van der Waals surface area contributed by atoms with Crippen LogP contribution in [0.5, 0.6) is 11.5 Å². The minimum Gasteiger partial charge on any atom is -0.494 e. The normalized spacial score (nSPS) is 12.7. The molecule has 0 radical (unpaired) electrons. The first-order valence-corrected chi connectivity index (χ1v) is 8.56. The molecule has 0 N–H and O–H groups in total. The molecule has 0 atom stereocenters. The zero-order valence-electron chi connectivity index (χ0n) is 14.8. The number of nitrogens with zero attached hydrogens (tertiary/aromatic N) is 1. The van der Waals surface area contributed by atoms with Gasteiger partial charge in [-0.1, -0.05) is 12.1 Å². The highest BCUT2D eigenvalue weighted by Crippen LogP contribution is 2.22. The van der Waals surface area contributed by atoms with Gasteiger partial charge in [0.05, 0.1) is 24.3 Å². The van der Waals surface area contributed by atoms with E-state index < -0.39 is 5.97 Å². The van der Waals surface area contributed by atoms with E-state index in [1.165, 1.54) is 0 Å². The number of rotatable bonds is 8. The Bertz CT molecular complexity index is 811. The van der Waals surface area contributed by atoms with Crippen molar-refractivity contribution in [3.05, 3.63) is 59.7 Å². The van der Waals surface area contributed by atoms with Crippen molar-refractivity contribution in [2.45, 2.75) is 6.92 Å². The molecule has 0 bridgehead atoms. The summed E-state index contributed by atoms with van der Waals surface area (Å²) in [6.45, 7) is 2.11. The number of hydrogen-bond donors (Lipinski definition) is 0. The van der Waals surface area contributed by atoms with Crippen molar-refractivity contribution in [3.8, 4) is 11.5 Å². The molecular formula is C20H19NO6. The highest BCUT2D eigenvalue weighted by atomic mass is 16.6. The number of imide groups is 1. The van der Waals surface area contributed by atoms with Gasteiger partial charge in [0.1, 0.15) is 18.1 Å². The number of fused-ring (bicyclic) bond motifs is 1. The summed E-state index contributed by atoms with van der Waals surface area (Å²) in [6.07, 6.45) is 0. The Balaban J connectivity index is 1.42. The van der Waals surface area contributed by atoms with Crippen LogP contribution in [0.25, 0.3) is 0 Å². The van der Waals surface area contributed by atoms with Crippen LogP contribution in [-0.4, -0.2) is 49.0 Å². The fourth-order valence-corrected chi connectivity index (χ4v) is 2.68. The van der Waals surface area contributed by atoms with Gasteiger partial charge in [-0.05, 0) is 43.3 Å². The standard InChI is InChI=1S/C20H19NO6/c1-2-25-14-7-9-15(10-8-14)27-13-18(22)26-12-11-21-19(23)16-5-3-4-6-17(16)20(21)24/h3-10H,2,11-13H2,1H3. The number of benzene rings is 2. The van der Waals surface area contributed by atoms with Crippen molar-refractivity contribution >= 4 is 17.8 Å². The first kappa shape index (κ1) is 18.4. The number of carbonyl (C=O) groups excluding carboxylic acids is 3. The summed E-state index contributed by atoms with van der Waals surface area (Å²) in [5.74, 6) is -0.112. The van der Waals surface area contributed by atoms with E-state index in [0.717, 1.165) is 4.90 Å². The SMILES string of the molecule is CCOc1ccc(OCC(=O)OCCN2C(=O)c3ccccc3C2=O)cc1. The van der Waals surface area contributed by atoms with Crippen LogP contribution in [0.4, 0.5) is 0 Å². The van der Waals surface area contributed by atoms with Crippen LogP contribution in [0.15, 0.2) is 48.5 Å². The number of ether oxygens (including phenoxy) is 3. The summed E-state index contributed by atoms with van der Waals surface area (Å²) in [4.78, 5) is 37.2. The highest BCUT2D eigenvalue weighted by Gasteiger charge is 2.34. The van der Waals surface area contributed by atoms with Gasteiger partial charge in [-0.25, -0.2) is 4.79 Å². The second kappa shape index (κ2) is 8.35. The molecule has 140 valence electrons. The van der Waals surface area contributed by atoms with Gasteiger partial charge >= 0.3 is 5.97 Å². The quantitative estimate of drug-likeness (QED) is 0.525. The van der Waals surface area contributed by atoms with Crippen LogP contribution in [0.3, 0.4) is 0 Å². The minimum absolute atomic E-state index is 0.00113. The van der Waals surface area contributed by atoms with Gasteiger partial charge in [-0.3, -0.25) is 14.5 Å². The Morgan fingerprint density at radius 3 is 2.00 bits per heavy atom. The zero-order chi connectivity index (χ0) is 19.2. The van der Waals surface area contributed by atoms with Crippen LogP contribution >= 0.6 is 0 Å². The summed E-state index contributed by atoms with van der Waals surface area (Å²) >= 11 is 0. The Kier molecular flexibility index (Phi) is 5.71. The molecule has 0 spiro atoms. The molecule has 0 aromatic heterocycles. The van der Waals surface area contributed by atoms with Gasteiger partial charge in [-0.15, -0.1) is 0 Å². The smallest absolute Gasteiger partial charge is 0.344 e. The number of amides is 2. The molecular weight excluding hydrogens is 350 g/mol. The molecule has 7 nitrogen and oxygen atoms in total. The monoisotopic (exact) mass is 369 g/mol. The third kappa shape index (κ3) is 4.25. The van der Waals surface area contributed by atoms with Crippen LogP contribution in [-0.2, 0) is 9.53 Å². The molecule has 2 amide bonds. The summed E-state index contributed by atoms with van der Waals surface area (Å²) in [7, 11) is 0. The van der Waals surface area contributed by atoms with Crippen molar-refractivity contribution in [3.63, 3.8) is 0 Å². The van der Waals surface area contributed by atoms with Crippen LogP contribution < -0.4 is 9.47 Å². The average Bonchev–Trinajstić information content (AvgIpc) is 2.93. The van der Waals surface area contributed by atoms with Crippen LogP contribution in [0, 0.1) is 0 Å². The number of hydrogen-bond acceptors (Lipinski definition) is 6. The van der Waals surface area contributed by atoms with Crippen molar-refractivity contribution in [2.75, 3.05) is 26.4 Å². The third-order valence-electron chi connectivity index (χ3n) is 3.95. The molecule has 1 aliphatic heterocycles. The van der Waals surface area contributed by atoms with E-state index in [1.54, 1.807) is 48.5 Å². The fraction of sp³-hybridized carbons (Fsp3) is 0.250. The Labute approximate surface area is 156 Å². The molecule has 1 aliphatic rings. The lowest BCUT2D eigenvalue weighted by molar-refractivity contribution is -0.146. The first-order valence-electron chi connectivity index (χ1n) is 8.56. The van der Waals surface area contributed by atoms with E-state index >= 15 is 0 Å². The fourth-order valence-electron chi connectivity index (χ4n) is 2.68. The molecule has 0 saturated heterocycles. The van der Waals surface area contributed by atoms with Gasteiger partial charge in [0, 0.05) is 0 Å². The van der Waals surface area contributed by atoms with Crippen molar-refractivity contribution < 1.29 is 28.6 Å². The van der Waals surface area contributed by atoms with Gasteiger partial charge < -0.3 is 14.2 Å². The van der Waals surface area contributed by atoms with E-state index in [0.29, 0.717) is 29.2 Å². The Morgan fingerprint density at radius 2 is 1.44 bits per heavy atom. The first-order chi connectivity index (χ1) is 13.1. The number of esters is 1. The largest absolute Gasteiger partial charge is 0.494 e. The zero-order valence-corrected chi connectivity index (χ0v) is 14.8.